The summed E-state index contributed by atoms with van der Waals surface area (Å²) in [6, 6.07) is 16.4. The Bertz CT molecular complexity index is 611. The highest BCUT2D eigenvalue weighted by Crippen LogP contribution is 2.29. The maximum atomic E-state index is 10.9. The second-order valence-electron chi connectivity index (χ2n) is 4.84. The van der Waals surface area contributed by atoms with E-state index in [0.717, 1.165) is 0 Å². The maximum absolute atomic E-state index is 10.9. The first-order valence-corrected chi connectivity index (χ1v) is 6.50. The van der Waals surface area contributed by atoms with Gasteiger partial charge in [-0.25, -0.2) is 4.79 Å². The third-order valence-electron chi connectivity index (χ3n) is 2.94. The smallest absolute Gasteiger partial charge is 0.337 e. The van der Waals surface area contributed by atoms with Crippen molar-refractivity contribution < 1.29 is 19.7 Å². The number of para-hydroxylation sites is 3. The molecule has 110 valence electrons. The molecule has 2 rings (SSSR count). The van der Waals surface area contributed by atoms with Gasteiger partial charge in [-0.1, -0.05) is 30.3 Å². The SMILES string of the molecule is CC(O)(CNc1ccccc1Oc1ccccc1)C(=O)O. The van der Waals surface area contributed by atoms with Gasteiger partial charge in [-0.2, -0.15) is 0 Å². The van der Waals surface area contributed by atoms with Crippen LogP contribution >= 0.6 is 0 Å². The van der Waals surface area contributed by atoms with Crippen molar-refractivity contribution in [1.29, 1.82) is 0 Å². The molecular weight excluding hydrogens is 270 g/mol. The van der Waals surface area contributed by atoms with Crippen molar-refractivity contribution >= 4 is 11.7 Å². The summed E-state index contributed by atoms with van der Waals surface area (Å²) >= 11 is 0. The summed E-state index contributed by atoms with van der Waals surface area (Å²) in [7, 11) is 0. The molecule has 21 heavy (non-hydrogen) atoms. The van der Waals surface area contributed by atoms with Crippen LogP contribution in [0.25, 0.3) is 0 Å². The lowest BCUT2D eigenvalue weighted by atomic mass is 10.1. The molecule has 1 unspecified atom stereocenters. The van der Waals surface area contributed by atoms with Crippen molar-refractivity contribution in [2.75, 3.05) is 11.9 Å². The highest BCUT2D eigenvalue weighted by molar-refractivity contribution is 5.77. The molecule has 0 saturated heterocycles. The van der Waals surface area contributed by atoms with Crippen LogP contribution in [0.3, 0.4) is 0 Å². The third-order valence-corrected chi connectivity index (χ3v) is 2.94. The first kappa shape index (κ1) is 14.9. The van der Waals surface area contributed by atoms with E-state index in [0.29, 0.717) is 17.2 Å². The molecule has 0 aliphatic rings. The van der Waals surface area contributed by atoms with E-state index < -0.39 is 11.6 Å². The molecule has 0 aromatic heterocycles. The Labute approximate surface area is 122 Å². The minimum absolute atomic E-state index is 0.127. The number of hydrogen-bond acceptors (Lipinski definition) is 4. The quantitative estimate of drug-likeness (QED) is 0.761. The average molecular weight is 287 g/mol. The summed E-state index contributed by atoms with van der Waals surface area (Å²) in [5.74, 6) is -0.0434. The molecular formula is C16H17NO4. The summed E-state index contributed by atoms with van der Waals surface area (Å²) in [6.45, 7) is 1.11. The summed E-state index contributed by atoms with van der Waals surface area (Å²) in [5.41, 5.74) is -1.23. The second kappa shape index (κ2) is 6.28. The zero-order chi connectivity index (χ0) is 15.3. The first-order chi connectivity index (χ1) is 9.99. The van der Waals surface area contributed by atoms with Gasteiger partial charge < -0.3 is 20.3 Å². The standard InChI is InChI=1S/C16H17NO4/c1-16(20,15(18)19)11-17-13-9-5-6-10-14(13)21-12-7-3-2-4-8-12/h2-10,17,20H,11H2,1H3,(H,18,19). The van der Waals surface area contributed by atoms with Gasteiger partial charge in [0.25, 0.3) is 0 Å². The fraction of sp³-hybridized carbons (Fsp3) is 0.188. The van der Waals surface area contributed by atoms with E-state index in [9.17, 15) is 9.90 Å². The van der Waals surface area contributed by atoms with Crippen LogP contribution in [-0.4, -0.2) is 28.3 Å². The van der Waals surface area contributed by atoms with Crippen molar-refractivity contribution in [3.05, 3.63) is 54.6 Å². The Morgan fingerprint density at radius 3 is 2.43 bits per heavy atom. The molecule has 3 N–H and O–H groups in total. The lowest BCUT2D eigenvalue weighted by Gasteiger charge is -2.20. The van der Waals surface area contributed by atoms with Crippen LogP contribution in [0, 0.1) is 0 Å². The Balaban J connectivity index is 2.12. The van der Waals surface area contributed by atoms with Crippen LogP contribution in [0.1, 0.15) is 6.92 Å². The molecule has 1 atom stereocenters. The molecule has 0 spiro atoms. The molecule has 2 aromatic rings. The minimum Gasteiger partial charge on any atom is -0.479 e. The number of nitrogens with one attached hydrogen (secondary N) is 1. The van der Waals surface area contributed by atoms with Crippen LogP contribution in [0.5, 0.6) is 11.5 Å². The lowest BCUT2D eigenvalue weighted by molar-refractivity contribution is -0.155. The Morgan fingerprint density at radius 2 is 1.76 bits per heavy atom. The second-order valence-corrected chi connectivity index (χ2v) is 4.84. The van der Waals surface area contributed by atoms with Crippen molar-refractivity contribution in [2.24, 2.45) is 0 Å². The Hall–Kier alpha value is -2.53. The van der Waals surface area contributed by atoms with Gasteiger partial charge in [0.1, 0.15) is 5.75 Å². The number of carboxylic acids is 1. The van der Waals surface area contributed by atoms with Crippen molar-refractivity contribution in [3.63, 3.8) is 0 Å². The van der Waals surface area contributed by atoms with E-state index in [-0.39, 0.29) is 6.54 Å². The summed E-state index contributed by atoms with van der Waals surface area (Å²) < 4.78 is 5.74. The zero-order valence-corrected chi connectivity index (χ0v) is 11.6. The van der Waals surface area contributed by atoms with Crippen LogP contribution in [0.2, 0.25) is 0 Å². The molecule has 0 aliphatic carbocycles. The van der Waals surface area contributed by atoms with Crippen LogP contribution in [0.4, 0.5) is 5.69 Å². The van der Waals surface area contributed by atoms with Gasteiger partial charge in [0.2, 0.25) is 0 Å². The van der Waals surface area contributed by atoms with Gasteiger partial charge in [-0.15, -0.1) is 0 Å². The summed E-state index contributed by atoms with van der Waals surface area (Å²) in [5, 5.41) is 21.5. The van der Waals surface area contributed by atoms with Gasteiger partial charge in [0, 0.05) is 0 Å². The predicted octanol–water partition coefficient (Wildman–Crippen LogP) is 2.73. The van der Waals surface area contributed by atoms with E-state index >= 15 is 0 Å². The highest BCUT2D eigenvalue weighted by atomic mass is 16.5. The average Bonchev–Trinajstić information content (AvgIpc) is 2.47. The highest BCUT2D eigenvalue weighted by Gasteiger charge is 2.29. The maximum Gasteiger partial charge on any atom is 0.337 e. The van der Waals surface area contributed by atoms with Crippen LogP contribution in [0.15, 0.2) is 54.6 Å². The number of aliphatic hydroxyl groups is 1. The molecule has 5 heteroatoms. The van der Waals surface area contributed by atoms with Gasteiger partial charge in [0.15, 0.2) is 11.4 Å². The topological polar surface area (TPSA) is 78.8 Å². The van der Waals surface area contributed by atoms with E-state index in [1.165, 1.54) is 6.92 Å². The van der Waals surface area contributed by atoms with Gasteiger partial charge in [-0.3, -0.25) is 0 Å². The zero-order valence-electron chi connectivity index (χ0n) is 11.6. The van der Waals surface area contributed by atoms with Gasteiger partial charge >= 0.3 is 5.97 Å². The number of ether oxygens (including phenoxy) is 1. The number of carbonyl (C=O) groups is 1. The minimum atomic E-state index is -1.85. The number of rotatable bonds is 6. The molecule has 0 amide bonds. The monoisotopic (exact) mass is 287 g/mol. The molecule has 5 nitrogen and oxygen atoms in total. The van der Waals surface area contributed by atoms with Gasteiger partial charge in [-0.05, 0) is 31.2 Å². The molecule has 0 saturated carbocycles. The van der Waals surface area contributed by atoms with Crippen LogP contribution < -0.4 is 10.1 Å². The number of anilines is 1. The first-order valence-electron chi connectivity index (χ1n) is 6.50. The molecule has 0 fully saturated rings. The molecule has 2 aromatic carbocycles. The van der Waals surface area contributed by atoms with Crippen LogP contribution in [-0.2, 0) is 4.79 Å². The molecule has 0 aliphatic heterocycles. The van der Waals surface area contributed by atoms with E-state index in [2.05, 4.69) is 5.32 Å². The lowest BCUT2D eigenvalue weighted by Crippen LogP contribution is -2.41. The summed E-state index contributed by atoms with van der Waals surface area (Å²) in [6.07, 6.45) is 0. The third kappa shape index (κ3) is 3.97. The fourth-order valence-corrected chi connectivity index (χ4v) is 1.66. The molecule has 0 heterocycles. The number of aliphatic carboxylic acids is 1. The van der Waals surface area contributed by atoms with E-state index in [1.807, 2.05) is 36.4 Å². The number of benzene rings is 2. The predicted molar refractivity (Wildman–Crippen MR) is 79.7 cm³/mol. The van der Waals surface area contributed by atoms with E-state index in [4.69, 9.17) is 9.84 Å². The Kier molecular flexibility index (Phi) is 4.45. The van der Waals surface area contributed by atoms with Crippen molar-refractivity contribution in [2.45, 2.75) is 12.5 Å². The normalized spacial score (nSPS) is 13.2. The van der Waals surface area contributed by atoms with Gasteiger partial charge in [0.05, 0.1) is 12.2 Å². The largest absolute Gasteiger partial charge is 0.479 e. The number of hydrogen-bond donors (Lipinski definition) is 3. The molecule has 0 bridgehead atoms. The molecule has 0 radical (unpaired) electrons. The Morgan fingerprint density at radius 1 is 1.14 bits per heavy atom. The number of carboxylic acid groups (broad SMARTS) is 1. The summed E-state index contributed by atoms with van der Waals surface area (Å²) in [4.78, 5) is 10.9. The van der Waals surface area contributed by atoms with Crippen molar-refractivity contribution in [1.82, 2.24) is 0 Å². The fourth-order valence-electron chi connectivity index (χ4n) is 1.66. The van der Waals surface area contributed by atoms with Crippen molar-refractivity contribution in [3.8, 4) is 11.5 Å². The van der Waals surface area contributed by atoms with E-state index in [1.54, 1.807) is 18.2 Å².